The number of urea groups is 1. The monoisotopic (exact) mass is 497 g/mol. The summed E-state index contributed by atoms with van der Waals surface area (Å²) in [5, 5.41) is 14.6. The third-order valence-electron chi connectivity index (χ3n) is 5.82. The molecule has 1 aliphatic heterocycles. The van der Waals surface area contributed by atoms with Gasteiger partial charge in [0.1, 0.15) is 6.04 Å². The zero-order chi connectivity index (χ0) is 25.4. The molecule has 1 aromatic carbocycles. The number of hydrogen-bond acceptors (Lipinski definition) is 6. The van der Waals surface area contributed by atoms with Crippen LogP contribution >= 0.6 is 0 Å². The summed E-state index contributed by atoms with van der Waals surface area (Å²) >= 11 is 0. The Morgan fingerprint density at radius 1 is 1.12 bits per heavy atom. The Bertz CT molecular complexity index is 909. The number of hydroxylamine groups is 1. The summed E-state index contributed by atoms with van der Waals surface area (Å²) < 4.78 is 28.6. The van der Waals surface area contributed by atoms with E-state index in [1.165, 1.54) is 35.0 Å². The van der Waals surface area contributed by atoms with Crippen molar-refractivity contribution in [3.8, 4) is 0 Å². The average molecular weight is 498 g/mol. The van der Waals surface area contributed by atoms with E-state index in [1.807, 2.05) is 0 Å². The second-order valence-corrected chi connectivity index (χ2v) is 11.5. The molecule has 0 radical (unpaired) electrons. The molecule has 0 aromatic heterocycles. The summed E-state index contributed by atoms with van der Waals surface area (Å²) in [4.78, 5) is 26.7. The van der Waals surface area contributed by atoms with Gasteiger partial charge in [0.2, 0.25) is 10.0 Å². The number of hydrogen-bond donors (Lipinski definition) is 4. The average Bonchev–Trinajstić information content (AvgIpc) is 2.78. The molecule has 0 spiro atoms. The Balaban J connectivity index is 2.30. The van der Waals surface area contributed by atoms with Crippen molar-refractivity contribution in [1.29, 1.82) is 0 Å². The van der Waals surface area contributed by atoms with Crippen LogP contribution in [0, 0.1) is 5.41 Å². The molecular formula is C23H39N5O5S. The molecular weight excluding hydrogens is 458 g/mol. The molecule has 3 amide bonds. The summed E-state index contributed by atoms with van der Waals surface area (Å²) in [6, 6.07) is 4.33. The highest BCUT2D eigenvalue weighted by Gasteiger charge is 2.42. The number of carbonyl (C=O) groups excluding carboxylic acids is 2. The molecule has 0 unspecified atom stereocenters. The van der Waals surface area contributed by atoms with E-state index < -0.39 is 27.4 Å². The highest BCUT2D eigenvalue weighted by molar-refractivity contribution is 7.89. The third kappa shape index (κ3) is 7.66. The van der Waals surface area contributed by atoms with Crippen molar-refractivity contribution < 1.29 is 23.2 Å². The van der Waals surface area contributed by atoms with E-state index in [2.05, 4.69) is 15.5 Å². The number of likely N-dealkylation sites (tertiary alicyclic amines) is 1. The molecule has 1 atom stereocenters. The van der Waals surface area contributed by atoms with Gasteiger partial charge in [-0.1, -0.05) is 27.2 Å². The smallest absolute Gasteiger partial charge is 0.319 e. The molecule has 1 aromatic rings. The Labute approximate surface area is 203 Å². The van der Waals surface area contributed by atoms with Crippen LogP contribution in [0.25, 0.3) is 0 Å². The summed E-state index contributed by atoms with van der Waals surface area (Å²) in [6.45, 7) is 10.4. The molecule has 4 N–H and O–H groups in total. The Kier molecular flexibility index (Phi) is 10.3. The predicted molar refractivity (Wildman–Crippen MR) is 131 cm³/mol. The lowest BCUT2D eigenvalue weighted by Gasteiger charge is -2.38. The van der Waals surface area contributed by atoms with E-state index in [1.54, 1.807) is 33.2 Å². The minimum atomic E-state index is -4.08. The van der Waals surface area contributed by atoms with E-state index in [9.17, 15) is 23.2 Å². The maximum absolute atomic E-state index is 13.7. The fourth-order valence-corrected chi connectivity index (χ4v) is 6.03. The first kappa shape index (κ1) is 28.0. The zero-order valence-corrected chi connectivity index (χ0v) is 21.5. The van der Waals surface area contributed by atoms with Gasteiger partial charge in [-0.05, 0) is 75.5 Å². The highest BCUT2D eigenvalue weighted by Crippen LogP contribution is 2.30. The van der Waals surface area contributed by atoms with Gasteiger partial charge in [0.25, 0.3) is 5.91 Å². The van der Waals surface area contributed by atoms with Crippen LogP contribution in [0.4, 0.5) is 10.5 Å². The van der Waals surface area contributed by atoms with Gasteiger partial charge in [0.15, 0.2) is 0 Å². The standard InChI is InChI=1S/C23H39N5O5S/c1-5-24-22(30)25-18-10-12-19(13-11-18)34(32,33)28(20(21(29)26-31)23(2,3)4)17-9-16-27-14-7-6-8-15-27/h10-13,20,31H,5-9,14-17H2,1-4H3,(H,26,29)(H2,24,25,30)/t20-/m0/s1. The summed E-state index contributed by atoms with van der Waals surface area (Å²) in [6.07, 6.45) is 4.04. The minimum Gasteiger partial charge on any atom is -0.338 e. The second-order valence-electron chi connectivity index (χ2n) is 9.63. The summed E-state index contributed by atoms with van der Waals surface area (Å²) in [5.74, 6) is -0.774. The van der Waals surface area contributed by atoms with Crippen LogP contribution in [0.15, 0.2) is 29.2 Å². The molecule has 1 saturated heterocycles. The maximum atomic E-state index is 13.7. The first-order valence-corrected chi connectivity index (χ1v) is 13.3. The molecule has 192 valence electrons. The summed E-state index contributed by atoms with van der Waals surface area (Å²) in [5.41, 5.74) is 1.32. The van der Waals surface area contributed by atoms with Crippen molar-refractivity contribution in [3.63, 3.8) is 0 Å². The van der Waals surface area contributed by atoms with Gasteiger partial charge < -0.3 is 15.5 Å². The van der Waals surface area contributed by atoms with E-state index in [-0.39, 0.29) is 17.5 Å². The molecule has 1 heterocycles. The Morgan fingerprint density at radius 2 is 1.74 bits per heavy atom. The van der Waals surface area contributed by atoms with Gasteiger partial charge in [0, 0.05) is 18.8 Å². The quantitative estimate of drug-likeness (QED) is 0.290. The Hall–Kier alpha value is -2.21. The number of sulfonamides is 1. The number of benzene rings is 1. The van der Waals surface area contributed by atoms with Crippen molar-refractivity contribution in [1.82, 2.24) is 20.0 Å². The molecule has 34 heavy (non-hydrogen) atoms. The topological polar surface area (TPSA) is 131 Å². The molecule has 0 saturated carbocycles. The largest absolute Gasteiger partial charge is 0.338 e. The third-order valence-corrected chi connectivity index (χ3v) is 7.70. The van der Waals surface area contributed by atoms with Gasteiger partial charge in [-0.3, -0.25) is 10.0 Å². The van der Waals surface area contributed by atoms with Crippen LogP contribution in [-0.4, -0.2) is 73.5 Å². The van der Waals surface area contributed by atoms with Crippen molar-refractivity contribution in [3.05, 3.63) is 24.3 Å². The minimum absolute atomic E-state index is 0.00640. The highest BCUT2D eigenvalue weighted by atomic mass is 32.2. The lowest BCUT2D eigenvalue weighted by Crippen LogP contribution is -2.55. The first-order chi connectivity index (χ1) is 16.0. The number of rotatable bonds is 10. The molecule has 1 fully saturated rings. The zero-order valence-electron chi connectivity index (χ0n) is 20.6. The predicted octanol–water partition coefficient (Wildman–Crippen LogP) is 2.61. The van der Waals surface area contributed by atoms with E-state index in [0.717, 1.165) is 32.5 Å². The first-order valence-electron chi connectivity index (χ1n) is 11.8. The van der Waals surface area contributed by atoms with Gasteiger partial charge in [-0.2, -0.15) is 4.31 Å². The fourth-order valence-electron chi connectivity index (χ4n) is 4.22. The number of amides is 3. The molecule has 0 aliphatic carbocycles. The normalized spacial score (nSPS) is 16.2. The molecule has 0 bridgehead atoms. The van der Waals surface area contributed by atoms with Gasteiger partial charge in [0.05, 0.1) is 4.90 Å². The van der Waals surface area contributed by atoms with Gasteiger partial charge in [-0.25, -0.2) is 18.7 Å². The summed E-state index contributed by atoms with van der Waals surface area (Å²) in [7, 11) is -4.08. The molecule has 2 rings (SSSR count). The fraction of sp³-hybridized carbons (Fsp3) is 0.652. The van der Waals surface area contributed by atoms with Crippen LogP contribution in [0.1, 0.15) is 53.4 Å². The van der Waals surface area contributed by atoms with E-state index in [0.29, 0.717) is 18.7 Å². The molecule has 11 heteroatoms. The van der Waals surface area contributed by atoms with E-state index >= 15 is 0 Å². The second kappa shape index (κ2) is 12.5. The molecule has 1 aliphatic rings. The van der Waals surface area contributed by atoms with Crippen molar-refractivity contribution >= 4 is 27.6 Å². The van der Waals surface area contributed by atoms with Crippen molar-refractivity contribution in [2.24, 2.45) is 5.41 Å². The number of piperidine rings is 1. The number of nitrogens with one attached hydrogen (secondary N) is 3. The van der Waals surface area contributed by atoms with Gasteiger partial charge >= 0.3 is 6.03 Å². The van der Waals surface area contributed by atoms with Gasteiger partial charge in [-0.15, -0.1) is 0 Å². The lowest BCUT2D eigenvalue weighted by atomic mass is 9.86. The van der Waals surface area contributed by atoms with Crippen LogP contribution in [0.3, 0.4) is 0 Å². The van der Waals surface area contributed by atoms with Crippen LogP contribution in [0.5, 0.6) is 0 Å². The van der Waals surface area contributed by atoms with Crippen molar-refractivity contribution in [2.45, 2.75) is 64.3 Å². The lowest BCUT2D eigenvalue weighted by molar-refractivity contribution is -0.136. The molecule has 10 nitrogen and oxygen atoms in total. The maximum Gasteiger partial charge on any atom is 0.319 e. The SMILES string of the molecule is CCNC(=O)Nc1ccc(S(=O)(=O)N(CCCN2CCCCC2)[C@@H](C(=O)NO)C(C)(C)C)cc1. The van der Waals surface area contributed by atoms with E-state index in [4.69, 9.17) is 0 Å². The van der Waals surface area contributed by atoms with Crippen LogP contribution < -0.4 is 16.1 Å². The van der Waals surface area contributed by atoms with Crippen molar-refractivity contribution in [2.75, 3.05) is 38.0 Å². The number of carbonyl (C=O) groups is 2. The van der Waals surface area contributed by atoms with Crippen LogP contribution in [0.2, 0.25) is 0 Å². The van der Waals surface area contributed by atoms with Crippen LogP contribution in [-0.2, 0) is 14.8 Å². The Morgan fingerprint density at radius 3 is 2.26 bits per heavy atom. The number of nitrogens with zero attached hydrogens (tertiary/aromatic N) is 2. The number of anilines is 1.